The molecule has 2 heterocycles. The summed E-state index contributed by atoms with van der Waals surface area (Å²) in [7, 11) is 3.48. The van der Waals surface area contributed by atoms with Gasteiger partial charge in [-0.25, -0.2) is 13.8 Å². The minimum absolute atomic E-state index is 0.145. The maximum Gasteiger partial charge on any atom is 0.155 e. The lowest BCUT2D eigenvalue weighted by Crippen LogP contribution is -2.25. The number of nitrogen functional groups attached to an aromatic ring is 1. The summed E-state index contributed by atoms with van der Waals surface area (Å²) in [5, 5.41) is 18.5. The van der Waals surface area contributed by atoms with Crippen molar-refractivity contribution in [2.45, 2.75) is 37.2 Å². The van der Waals surface area contributed by atoms with Gasteiger partial charge in [-0.1, -0.05) is 11.6 Å². The summed E-state index contributed by atoms with van der Waals surface area (Å²) in [6, 6.07) is 6.06. The Hall–Kier alpha value is -2.56. The SMILES string of the molecule is CNc1ccc(F)c(Cl)c1.Cn1nc(C2CC3CC(O)(c4cc(Br)ncc4F)CC3C2)c(C=O)c1N. The van der Waals surface area contributed by atoms with Crippen LogP contribution in [0.25, 0.3) is 0 Å². The summed E-state index contributed by atoms with van der Waals surface area (Å²) < 4.78 is 28.7. The van der Waals surface area contributed by atoms with Crippen LogP contribution in [0.3, 0.4) is 0 Å². The van der Waals surface area contributed by atoms with Gasteiger partial charge in [-0.3, -0.25) is 9.48 Å². The molecule has 2 saturated carbocycles. The molecule has 0 radical (unpaired) electrons. The third-order valence-electron chi connectivity index (χ3n) is 7.24. The molecule has 0 amide bonds. The van der Waals surface area contributed by atoms with Crippen molar-refractivity contribution >= 4 is 45.3 Å². The summed E-state index contributed by atoms with van der Waals surface area (Å²) >= 11 is 8.73. The lowest BCUT2D eigenvalue weighted by Gasteiger charge is -2.25. The average molecular weight is 583 g/mol. The molecule has 2 atom stereocenters. The van der Waals surface area contributed by atoms with Crippen molar-refractivity contribution in [2.75, 3.05) is 18.1 Å². The number of pyridine rings is 1. The molecule has 36 heavy (non-hydrogen) atoms. The molecule has 2 aliphatic rings. The summed E-state index contributed by atoms with van der Waals surface area (Å²) in [6.07, 6.45) is 4.55. The van der Waals surface area contributed by atoms with Crippen LogP contribution in [-0.4, -0.2) is 33.2 Å². The molecule has 11 heteroatoms. The molecule has 4 N–H and O–H groups in total. The first-order chi connectivity index (χ1) is 17.1. The molecular weight excluding hydrogens is 556 g/mol. The molecule has 0 aliphatic heterocycles. The number of benzene rings is 1. The predicted molar refractivity (Wildman–Crippen MR) is 138 cm³/mol. The third-order valence-corrected chi connectivity index (χ3v) is 7.96. The van der Waals surface area contributed by atoms with Gasteiger partial charge in [-0.05, 0) is 77.7 Å². The number of anilines is 2. The first kappa shape index (κ1) is 26.5. The maximum atomic E-state index is 14.2. The van der Waals surface area contributed by atoms with Gasteiger partial charge in [0.1, 0.15) is 22.1 Å². The number of nitrogens with zero attached hydrogens (tertiary/aromatic N) is 3. The van der Waals surface area contributed by atoms with E-state index < -0.39 is 11.4 Å². The Morgan fingerprint density at radius 1 is 1.25 bits per heavy atom. The van der Waals surface area contributed by atoms with E-state index in [4.69, 9.17) is 17.3 Å². The van der Waals surface area contributed by atoms with Crippen LogP contribution < -0.4 is 11.1 Å². The number of nitrogens with one attached hydrogen (secondary N) is 1. The van der Waals surface area contributed by atoms with Gasteiger partial charge < -0.3 is 16.2 Å². The number of aldehydes is 1. The zero-order valence-electron chi connectivity index (χ0n) is 19.8. The van der Waals surface area contributed by atoms with E-state index >= 15 is 0 Å². The molecule has 7 nitrogen and oxygen atoms in total. The zero-order chi connectivity index (χ0) is 26.2. The summed E-state index contributed by atoms with van der Waals surface area (Å²) in [5.41, 5.74) is 7.08. The Bertz CT molecular complexity index is 1270. The van der Waals surface area contributed by atoms with Crippen molar-refractivity contribution in [3.05, 3.63) is 68.5 Å². The predicted octanol–water partition coefficient (Wildman–Crippen LogP) is 5.42. The minimum Gasteiger partial charge on any atom is -0.388 e. The average Bonchev–Trinajstić information content (AvgIpc) is 3.47. The number of hydrogen-bond donors (Lipinski definition) is 3. The highest BCUT2D eigenvalue weighted by Gasteiger charge is 2.51. The minimum atomic E-state index is -1.17. The number of aryl methyl sites for hydroxylation is 1. The highest BCUT2D eigenvalue weighted by Crippen LogP contribution is 2.57. The first-order valence-electron chi connectivity index (χ1n) is 11.5. The summed E-state index contributed by atoms with van der Waals surface area (Å²) in [4.78, 5) is 15.3. The number of fused-ring (bicyclic) bond motifs is 1. The molecule has 2 aromatic heterocycles. The summed E-state index contributed by atoms with van der Waals surface area (Å²) in [6.45, 7) is 0. The van der Waals surface area contributed by atoms with E-state index in [9.17, 15) is 18.7 Å². The highest BCUT2D eigenvalue weighted by atomic mass is 79.9. The number of rotatable bonds is 4. The second-order valence-corrected chi connectivity index (χ2v) is 10.6. The van der Waals surface area contributed by atoms with Crippen molar-refractivity contribution in [3.63, 3.8) is 0 Å². The zero-order valence-corrected chi connectivity index (χ0v) is 22.2. The quantitative estimate of drug-likeness (QED) is 0.280. The molecule has 192 valence electrons. The Morgan fingerprint density at radius 3 is 2.50 bits per heavy atom. The fraction of sp³-hybridized carbons (Fsp3) is 0.400. The van der Waals surface area contributed by atoms with Crippen LogP contribution in [0.5, 0.6) is 0 Å². The highest BCUT2D eigenvalue weighted by molar-refractivity contribution is 9.10. The van der Waals surface area contributed by atoms with E-state index in [1.807, 2.05) is 0 Å². The fourth-order valence-electron chi connectivity index (χ4n) is 5.52. The Labute approximate surface area is 221 Å². The number of carbonyl (C=O) groups is 1. The molecule has 2 unspecified atom stereocenters. The summed E-state index contributed by atoms with van der Waals surface area (Å²) in [5.74, 6) is 0.186. The van der Waals surface area contributed by atoms with Crippen molar-refractivity contribution in [1.82, 2.24) is 14.8 Å². The number of hydrogen-bond acceptors (Lipinski definition) is 6. The third kappa shape index (κ3) is 5.12. The number of halogens is 4. The van der Waals surface area contributed by atoms with Gasteiger partial charge in [0.2, 0.25) is 0 Å². The maximum absolute atomic E-state index is 14.2. The van der Waals surface area contributed by atoms with E-state index in [0.29, 0.717) is 34.4 Å². The molecule has 5 rings (SSSR count). The van der Waals surface area contributed by atoms with Gasteiger partial charge in [-0.2, -0.15) is 5.10 Å². The topological polar surface area (TPSA) is 106 Å². The molecule has 2 fully saturated rings. The van der Waals surface area contributed by atoms with Gasteiger partial charge in [0, 0.05) is 31.3 Å². The van der Waals surface area contributed by atoms with Gasteiger partial charge in [0.15, 0.2) is 6.29 Å². The van der Waals surface area contributed by atoms with Crippen molar-refractivity contribution in [1.29, 1.82) is 0 Å². The second kappa shape index (κ2) is 10.4. The van der Waals surface area contributed by atoms with E-state index in [1.54, 1.807) is 26.2 Å². The lowest BCUT2D eigenvalue weighted by molar-refractivity contribution is 0.0307. The van der Waals surface area contributed by atoms with E-state index in [-0.39, 0.29) is 28.6 Å². The van der Waals surface area contributed by atoms with Gasteiger partial charge in [0.05, 0.1) is 28.1 Å². The largest absolute Gasteiger partial charge is 0.388 e. The van der Waals surface area contributed by atoms with Crippen molar-refractivity contribution in [3.8, 4) is 0 Å². The number of aromatic nitrogens is 3. The Balaban J connectivity index is 0.000000256. The molecule has 0 bridgehead atoms. The monoisotopic (exact) mass is 581 g/mol. The van der Waals surface area contributed by atoms with Crippen LogP contribution in [0.1, 0.15) is 53.2 Å². The number of nitrogens with two attached hydrogens (primary N) is 1. The van der Waals surface area contributed by atoms with E-state index in [2.05, 4.69) is 31.3 Å². The lowest BCUT2D eigenvalue weighted by atomic mass is 9.87. The number of carbonyl (C=O) groups excluding carboxylic acids is 1. The molecular formula is C25H27BrClF2N5O2. The fourth-order valence-corrected chi connectivity index (χ4v) is 6.04. The van der Waals surface area contributed by atoms with Crippen LogP contribution in [0, 0.1) is 23.5 Å². The van der Waals surface area contributed by atoms with Crippen molar-refractivity contribution < 1.29 is 18.7 Å². The standard InChI is InChI=1S/C18H20BrFN4O2.C7H7ClFN/c1-24-17(21)12(8-25)16(23-24)9-2-10-5-18(26,6-11(10)3-9)13-4-15(19)22-7-14(13)20;1-10-5-2-3-7(9)6(8)4-5/h4,7-11,26H,2-3,5-6,21H2,1H3;2-4,10H,1H3. The van der Waals surface area contributed by atoms with Crippen LogP contribution in [0.2, 0.25) is 5.02 Å². The first-order valence-corrected chi connectivity index (χ1v) is 12.7. The van der Waals surface area contributed by atoms with Crippen LogP contribution in [0.4, 0.5) is 20.3 Å². The molecule has 1 aromatic carbocycles. The smallest absolute Gasteiger partial charge is 0.155 e. The second-order valence-electron chi connectivity index (χ2n) is 9.42. The van der Waals surface area contributed by atoms with Crippen molar-refractivity contribution in [2.24, 2.45) is 18.9 Å². The van der Waals surface area contributed by atoms with Crippen LogP contribution in [-0.2, 0) is 12.6 Å². The van der Waals surface area contributed by atoms with Gasteiger partial charge in [-0.15, -0.1) is 0 Å². The van der Waals surface area contributed by atoms with Gasteiger partial charge >= 0.3 is 0 Å². The normalized spacial score (nSPS) is 24.7. The Morgan fingerprint density at radius 2 is 1.92 bits per heavy atom. The van der Waals surface area contributed by atoms with E-state index in [0.717, 1.165) is 36.7 Å². The Kier molecular flexibility index (Phi) is 7.68. The van der Waals surface area contributed by atoms with Gasteiger partial charge in [0.25, 0.3) is 0 Å². The number of aliphatic hydroxyl groups is 1. The molecule has 0 spiro atoms. The van der Waals surface area contributed by atoms with Crippen LogP contribution >= 0.6 is 27.5 Å². The van der Waals surface area contributed by atoms with Crippen LogP contribution in [0.15, 0.2) is 35.1 Å². The van der Waals surface area contributed by atoms with E-state index in [1.165, 1.54) is 16.8 Å². The molecule has 2 aliphatic carbocycles. The molecule has 0 saturated heterocycles. The molecule has 3 aromatic rings.